The molecule has 0 saturated heterocycles. The molecule has 112 valence electrons. The summed E-state index contributed by atoms with van der Waals surface area (Å²) in [7, 11) is 0. The van der Waals surface area contributed by atoms with Crippen LogP contribution >= 0.6 is 0 Å². The highest BCUT2D eigenvalue weighted by Crippen LogP contribution is 2.33. The number of H-pyrrole nitrogens is 1. The number of rotatable bonds is 4. The van der Waals surface area contributed by atoms with Crippen LogP contribution in [0.5, 0.6) is 11.5 Å². The molecule has 0 aliphatic carbocycles. The molecule has 1 aromatic heterocycles. The second kappa shape index (κ2) is 5.25. The van der Waals surface area contributed by atoms with E-state index in [1.807, 2.05) is 20.8 Å². The first-order valence-corrected chi connectivity index (χ1v) is 6.79. The third-order valence-electron chi connectivity index (χ3n) is 3.15. The van der Waals surface area contributed by atoms with Gasteiger partial charge in [0.2, 0.25) is 6.79 Å². The summed E-state index contributed by atoms with van der Waals surface area (Å²) in [5.74, 6) is 1.81. The SMILES string of the molecule is CC(C)O[C@H](C)c1n[nH]c(=O)n1-c1ccc2c(c1)OCO2. The Labute approximate surface area is 121 Å². The van der Waals surface area contributed by atoms with E-state index in [2.05, 4.69) is 10.2 Å². The summed E-state index contributed by atoms with van der Waals surface area (Å²) in [6.07, 6.45) is -0.272. The normalized spacial score (nSPS) is 14.7. The number of benzene rings is 1. The van der Waals surface area contributed by atoms with Crippen molar-refractivity contribution in [3.05, 3.63) is 34.5 Å². The van der Waals surface area contributed by atoms with Gasteiger partial charge >= 0.3 is 5.69 Å². The lowest BCUT2D eigenvalue weighted by Crippen LogP contribution is -2.19. The van der Waals surface area contributed by atoms with Gasteiger partial charge in [-0.05, 0) is 32.9 Å². The van der Waals surface area contributed by atoms with Gasteiger partial charge in [0.05, 0.1) is 11.8 Å². The zero-order chi connectivity index (χ0) is 15.0. The van der Waals surface area contributed by atoms with Gasteiger partial charge in [-0.15, -0.1) is 0 Å². The summed E-state index contributed by atoms with van der Waals surface area (Å²) in [5.41, 5.74) is 0.343. The van der Waals surface area contributed by atoms with Crippen LogP contribution < -0.4 is 15.2 Å². The topological polar surface area (TPSA) is 78.4 Å². The standard InChI is InChI=1S/C14H17N3O4/c1-8(2)21-9(3)13-15-16-14(18)17(13)10-4-5-11-12(6-10)20-7-19-11/h4-6,8-9H,7H2,1-3H3,(H,16,18)/t9-/m1/s1. The molecule has 2 heterocycles. The largest absolute Gasteiger partial charge is 0.454 e. The predicted octanol–water partition coefficient (Wildman–Crippen LogP) is 1.78. The number of hydrogen-bond donors (Lipinski definition) is 1. The van der Waals surface area contributed by atoms with Crippen molar-refractivity contribution in [1.29, 1.82) is 0 Å². The summed E-state index contributed by atoms with van der Waals surface area (Å²) < 4.78 is 17.8. The van der Waals surface area contributed by atoms with Crippen LogP contribution in [0.4, 0.5) is 0 Å². The lowest BCUT2D eigenvalue weighted by molar-refractivity contribution is 0.0118. The van der Waals surface area contributed by atoms with Crippen molar-refractivity contribution < 1.29 is 14.2 Å². The van der Waals surface area contributed by atoms with E-state index in [1.54, 1.807) is 18.2 Å². The van der Waals surface area contributed by atoms with E-state index < -0.39 is 0 Å². The van der Waals surface area contributed by atoms with Gasteiger partial charge in [-0.25, -0.2) is 14.5 Å². The van der Waals surface area contributed by atoms with Crippen molar-refractivity contribution in [3.8, 4) is 17.2 Å². The van der Waals surface area contributed by atoms with E-state index >= 15 is 0 Å². The fourth-order valence-electron chi connectivity index (χ4n) is 2.32. The maximum absolute atomic E-state index is 12.0. The summed E-state index contributed by atoms with van der Waals surface area (Å²) in [6, 6.07) is 5.32. The Morgan fingerprint density at radius 2 is 2.05 bits per heavy atom. The summed E-state index contributed by atoms with van der Waals surface area (Å²) in [6.45, 7) is 5.93. The van der Waals surface area contributed by atoms with Crippen LogP contribution in [0.2, 0.25) is 0 Å². The van der Waals surface area contributed by atoms with Crippen molar-refractivity contribution in [3.63, 3.8) is 0 Å². The zero-order valence-electron chi connectivity index (χ0n) is 12.1. The first-order valence-electron chi connectivity index (χ1n) is 6.79. The van der Waals surface area contributed by atoms with E-state index in [1.165, 1.54) is 4.57 Å². The van der Waals surface area contributed by atoms with E-state index in [4.69, 9.17) is 14.2 Å². The van der Waals surface area contributed by atoms with Gasteiger partial charge in [0, 0.05) is 6.07 Å². The molecule has 1 atom stereocenters. The van der Waals surface area contributed by atoms with Gasteiger partial charge in [0.15, 0.2) is 17.3 Å². The highest BCUT2D eigenvalue weighted by Gasteiger charge is 2.21. The van der Waals surface area contributed by atoms with Crippen molar-refractivity contribution in [2.24, 2.45) is 0 Å². The maximum atomic E-state index is 12.0. The molecule has 1 aliphatic rings. The third kappa shape index (κ3) is 2.52. The minimum absolute atomic E-state index is 0.0389. The van der Waals surface area contributed by atoms with Crippen LogP contribution in [0.1, 0.15) is 32.7 Å². The van der Waals surface area contributed by atoms with Crippen LogP contribution in [0.3, 0.4) is 0 Å². The predicted molar refractivity (Wildman–Crippen MR) is 74.9 cm³/mol. The number of fused-ring (bicyclic) bond motifs is 1. The Balaban J connectivity index is 2.02. The van der Waals surface area contributed by atoms with Gasteiger partial charge in [-0.3, -0.25) is 0 Å². The quantitative estimate of drug-likeness (QED) is 0.929. The van der Waals surface area contributed by atoms with Gasteiger partial charge < -0.3 is 14.2 Å². The Kier molecular flexibility index (Phi) is 3.42. The number of nitrogens with one attached hydrogen (secondary N) is 1. The molecule has 0 radical (unpaired) electrons. The van der Waals surface area contributed by atoms with E-state index in [0.29, 0.717) is 23.0 Å². The third-order valence-corrected chi connectivity index (χ3v) is 3.15. The zero-order valence-corrected chi connectivity index (χ0v) is 12.1. The molecule has 1 aliphatic heterocycles. The molecule has 0 amide bonds. The van der Waals surface area contributed by atoms with Crippen LogP contribution in [0.15, 0.2) is 23.0 Å². The number of aromatic nitrogens is 3. The molecule has 3 rings (SSSR count). The molecular formula is C14H17N3O4. The number of hydrogen-bond acceptors (Lipinski definition) is 5. The smallest absolute Gasteiger partial charge is 0.348 e. The Bertz CT molecular complexity index is 704. The molecule has 0 bridgehead atoms. The van der Waals surface area contributed by atoms with Crippen LogP contribution in [0.25, 0.3) is 5.69 Å². The van der Waals surface area contributed by atoms with Crippen molar-refractivity contribution >= 4 is 0 Å². The average molecular weight is 291 g/mol. The first kappa shape index (κ1) is 13.7. The molecule has 0 fully saturated rings. The number of ether oxygens (including phenoxy) is 3. The molecule has 0 unspecified atom stereocenters. The van der Waals surface area contributed by atoms with Gasteiger partial charge in [0.25, 0.3) is 0 Å². The minimum atomic E-state index is -0.317. The molecule has 7 nitrogen and oxygen atoms in total. The van der Waals surface area contributed by atoms with Gasteiger partial charge in [-0.2, -0.15) is 5.10 Å². The Morgan fingerprint density at radius 3 is 2.81 bits per heavy atom. The highest BCUT2D eigenvalue weighted by atomic mass is 16.7. The minimum Gasteiger partial charge on any atom is -0.454 e. The fraction of sp³-hybridized carbons (Fsp3) is 0.429. The molecule has 1 aromatic carbocycles. The second-order valence-corrected chi connectivity index (χ2v) is 5.09. The Morgan fingerprint density at radius 1 is 1.29 bits per heavy atom. The summed E-state index contributed by atoms with van der Waals surface area (Å²) in [4.78, 5) is 12.0. The molecule has 1 N–H and O–H groups in total. The van der Waals surface area contributed by atoms with Crippen molar-refractivity contribution in [1.82, 2.24) is 14.8 Å². The Hall–Kier alpha value is -2.28. The first-order chi connectivity index (χ1) is 10.1. The maximum Gasteiger partial charge on any atom is 0.348 e. The van der Waals surface area contributed by atoms with Crippen LogP contribution in [-0.4, -0.2) is 27.7 Å². The fourth-order valence-corrected chi connectivity index (χ4v) is 2.32. The van der Waals surface area contributed by atoms with Gasteiger partial charge in [0.1, 0.15) is 6.10 Å². The molecule has 7 heteroatoms. The average Bonchev–Trinajstić information content (AvgIpc) is 3.02. The lowest BCUT2D eigenvalue weighted by Gasteiger charge is -2.16. The van der Waals surface area contributed by atoms with E-state index in [0.717, 1.165) is 0 Å². The molecule has 0 spiro atoms. The van der Waals surface area contributed by atoms with E-state index in [9.17, 15) is 4.79 Å². The molecule has 2 aromatic rings. The van der Waals surface area contributed by atoms with E-state index in [-0.39, 0.29) is 24.7 Å². The molecular weight excluding hydrogens is 274 g/mol. The summed E-state index contributed by atoms with van der Waals surface area (Å²) >= 11 is 0. The molecule has 0 saturated carbocycles. The molecule has 21 heavy (non-hydrogen) atoms. The lowest BCUT2D eigenvalue weighted by atomic mass is 10.2. The van der Waals surface area contributed by atoms with Crippen molar-refractivity contribution in [2.45, 2.75) is 33.0 Å². The van der Waals surface area contributed by atoms with Crippen LogP contribution in [0, 0.1) is 0 Å². The van der Waals surface area contributed by atoms with Crippen LogP contribution in [-0.2, 0) is 4.74 Å². The van der Waals surface area contributed by atoms with Gasteiger partial charge in [-0.1, -0.05) is 0 Å². The summed E-state index contributed by atoms with van der Waals surface area (Å²) in [5, 5.41) is 6.53. The number of aromatic amines is 1. The van der Waals surface area contributed by atoms with Crippen molar-refractivity contribution in [2.75, 3.05) is 6.79 Å². The number of nitrogens with zero attached hydrogens (tertiary/aromatic N) is 2. The second-order valence-electron chi connectivity index (χ2n) is 5.09. The monoisotopic (exact) mass is 291 g/mol. The highest BCUT2D eigenvalue weighted by molar-refractivity contribution is 5.50.